The van der Waals surface area contributed by atoms with Gasteiger partial charge in [-0.1, -0.05) is 30.3 Å². The summed E-state index contributed by atoms with van der Waals surface area (Å²) in [7, 11) is 0. The Morgan fingerprint density at radius 3 is 2.65 bits per heavy atom. The molecule has 0 aliphatic heterocycles. The van der Waals surface area contributed by atoms with Crippen LogP contribution in [0.4, 0.5) is 5.69 Å². The first kappa shape index (κ1) is 23.7. The van der Waals surface area contributed by atoms with Crippen molar-refractivity contribution in [2.75, 3.05) is 11.9 Å². The van der Waals surface area contributed by atoms with Crippen molar-refractivity contribution in [1.82, 2.24) is 5.32 Å². The molecule has 1 heterocycles. The second-order valence-electron chi connectivity index (χ2n) is 7.50. The van der Waals surface area contributed by atoms with Crippen LogP contribution < -0.4 is 21.0 Å². The normalized spacial score (nSPS) is 10.7. The smallest absolute Gasteiger partial charge is 0.344 e. The molecule has 172 valence electrons. The van der Waals surface area contributed by atoms with Crippen LogP contribution in [0, 0.1) is 6.92 Å². The zero-order chi connectivity index (χ0) is 24.2. The average Bonchev–Trinajstić information content (AvgIpc) is 2.81. The minimum atomic E-state index is -0.426. The summed E-state index contributed by atoms with van der Waals surface area (Å²) < 4.78 is 11.6. The van der Waals surface area contributed by atoms with Crippen LogP contribution in [0.2, 0.25) is 0 Å². The second kappa shape index (κ2) is 10.2. The molecular weight excluding hydrogens is 516 g/mol. The van der Waals surface area contributed by atoms with Crippen LogP contribution >= 0.6 is 28.1 Å². The number of hydrogen-bond donors (Lipinski definition) is 2. The molecule has 0 saturated heterocycles. The van der Waals surface area contributed by atoms with E-state index >= 15 is 0 Å². The first-order chi connectivity index (χ1) is 16.4. The van der Waals surface area contributed by atoms with Crippen molar-refractivity contribution in [3.63, 3.8) is 0 Å². The van der Waals surface area contributed by atoms with Crippen LogP contribution in [0.15, 0.2) is 80.4 Å². The number of ether oxygens (including phenoxy) is 1. The van der Waals surface area contributed by atoms with Crippen LogP contribution in [0.1, 0.15) is 22.8 Å². The van der Waals surface area contributed by atoms with Crippen molar-refractivity contribution in [2.24, 2.45) is 0 Å². The lowest BCUT2D eigenvalue weighted by atomic mass is 10.0. The number of halogens is 1. The Bertz CT molecular complexity index is 1470. The van der Waals surface area contributed by atoms with Crippen molar-refractivity contribution < 1.29 is 13.9 Å². The van der Waals surface area contributed by atoms with Crippen molar-refractivity contribution >= 4 is 55.8 Å². The minimum Gasteiger partial charge on any atom is -0.493 e. The topological polar surface area (TPSA) is 80.6 Å². The second-order valence-corrected chi connectivity index (χ2v) is 8.76. The van der Waals surface area contributed by atoms with E-state index in [4.69, 9.17) is 21.4 Å². The summed E-state index contributed by atoms with van der Waals surface area (Å²) >= 11 is 8.77. The molecular formula is C26H21BrN2O4S. The van der Waals surface area contributed by atoms with E-state index in [1.807, 2.05) is 50.2 Å². The zero-order valence-corrected chi connectivity index (χ0v) is 20.9. The standard InChI is InChI=1S/C26H21BrN2O4S/c1-3-32-23-11-10-18(13-20(23)27)24(30)29-26(34)28-21-14-16(9-8-15(21)2)19-12-17-6-4-5-7-22(17)33-25(19)31/h4-14H,3H2,1-2H3,(H2,28,29,30,34). The number of amides is 1. The molecule has 0 unspecified atom stereocenters. The number of nitrogens with one attached hydrogen (secondary N) is 2. The Morgan fingerprint density at radius 1 is 1.09 bits per heavy atom. The highest BCUT2D eigenvalue weighted by atomic mass is 79.9. The highest BCUT2D eigenvalue weighted by Gasteiger charge is 2.13. The number of rotatable bonds is 5. The third-order valence-corrected chi connectivity index (χ3v) is 5.98. The summed E-state index contributed by atoms with van der Waals surface area (Å²) in [6, 6.07) is 19.8. The lowest BCUT2D eigenvalue weighted by molar-refractivity contribution is 0.0977. The first-order valence-corrected chi connectivity index (χ1v) is 11.7. The molecule has 0 radical (unpaired) electrons. The van der Waals surface area contributed by atoms with E-state index in [-0.39, 0.29) is 11.0 Å². The van der Waals surface area contributed by atoms with Crippen LogP contribution in [-0.2, 0) is 0 Å². The molecule has 1 amide bonds. The molecule has 4 rings (SSSR count). The van der Waals surface area contributed by atoms with Crippen molar-refractivity contribution in [3.05, 3.63) is 92.7 Å². The molecule has 0 fully saturated rings. The summed E-state index contributed by atoms with van der Waals surface area (Å²) in [5, 5.41) is 6.71. The molecule has 0 atom stereocenters. The van der Waals surface area contributed by atoms with Crippen LogP contribution in [-0.4, -0.2) is 17.6 Å². The van der Waals surface area contributed by atoms with Gasteiger partial charge in [-0.2, -0.15) is 0 Å². The lowest BCUT2D eigenvalue weighted by Crippen LogP contribution is -2.34. The largest absolute Gasteiger partial charge is 0.493 e. The van der Waals surface area contributed by atoms with Gasteiger partial charge in [-0.25, -0.2) is 4.79 Å². The average molecular weight is 537 g/mol. The Balaban J connectivity index is 1.53. The Morgan fingerprint density at radius 2 is 1.88 bits per heavy atom. The molecule has 0 aliphatic carbocycles. The molecule has 4 aromatic rings. The van der Waals surface area contributed by atoms with Gasteiger partial charge in [0.1, 0.15) is 11.3 Å². The predicted octanol–water partition coefficient (Wildman–Crippen LogP) is 6.06. The fourth-order valence-corrected chi connectivity index (χ4v) is 4.13. The van der Waals surface area contributed by atoms with E-state index in [0.717, 1.165) is 10.9 Å². The van der Waals surface area contributed by atoms with Gasteiger partial charge < -0.3 is 14.5 Å². The highest BCUT2D eigenvalue weighted by Crippen LogP contribution is 2.27. The minimum absolute atomic E-state index is 0.140. The monoisotopic (exact) mass is 536 g/mol. The van der Waals surface area contributed by atoms with Crippen molar-refractivity contribution in [2.45, 2.75) is 13.8 Å². The van der Waals surface area contributed by atoms with Gasteiger partial charge in [-0.05, 0) is 89.5 Å². The van der Waals surface area contributed by atoms with Crippen LogP contribution in [0.5, 0.6) is 5.75 Å². The summed E-state index contributed by atoms with van der Waals surface area (Å²) in [6.45, 7) is 4.32. The van der Waals surface area contributed by atoms with Gasteiger partial charge in [0.15, 0.2) is 5.11 Å². The van der Waals surface area contributed by atoms with Crippen molar-refractivity contribution in [1.29, 1.82) is 0 Å². The fraction of sp³-hybridized carbons (Fsp3) is 0.115. The predicted molar refractivity (Wildman–Crippen MR) is 142 cm³/mol. The molecule has 6 nitrogen and oxygen atoms in total. The SMILES string of the molecule is CCOc1ccc(C(=O)NC(=S)Nc2cc(-c3cc4ccccc4oc3=O)ccc2C)cc1Br. The number of anilines is 1. The Kier molecular flexibility index (Phi) is 7.09. The van der Waals surface area contributed by atoms with Gasteiger partial charge in [0, 0.05) is 16.6 Å². The van der Waals surface area contributed by atoms with Crippen LogP contribution in [0.25, 0.3) is 22.1 Å². The number of carbonyl (C=O) groups is 1. The third kappa shape index (κ3) is 5.18. The summed E-state index contributed by atoms with van der Waals surface area (Å²) in [6.07, 6.45) is 0. The Hall–Kier alpha value is -3.49. The number of hydrogen-bond acceptors (Lipinski definition) is 5. The molecule has 34 heavy (non-hydrogen) atoms. The summed E-state index contributed by atoms with van der Waals surface area (Å²) in [5.41, 5.74) is 3.22. The number of carbonyl (C=O) groups excluding carboxylic acids is 1. The Labute approximate surface area is 210 Å². The van der Waals surface area contributed by atoms with Gasteiger partial charge in [-0.15, -0.1) is 0 Å². The maximum atomic E-state index is 12.7. The number of aryl methyl sites for hydroxylation is 1. The molecule has 0 spiro atoms. The maximum absolute atomic E-state index is 12.7. The molecule has 2 N–H and O–H groups in total. The molecule has 0 saturated carbocycles. The lowest BCUT2D eigenvalue weighted by Gasteiger charge is -2.14. The van der Waals surface area contributed by atoms with E-state index in [0.29, 0.717) is 44.8 Å². The number of fused-ring (bicyclic) bond motifs is 1. The molecule has 8 heteroatoms. The van der Waals surface area contributed by atoms with Crippen molar-refractivity contribution in [3.8, 4) is 16.9 Å². The number of thiocarbonyl (C=S) groups is 1. The number of para-hydroxylation sites is 1. The van der Waals surface area contributed by atoms with Gasteiger partial charge in [0.25, 0.3) is 5.91 Å². The maximum Gasteiger partial charge on any atom is 0.344 e. The van der Waals surface area contributed by atoms with Crippen LogP contribution in [0.3, 0.4) is 0 Å². The van der Waals surface area contributed by atoms with E-state index in [1.54, 1.807) is 30.3 Å². The summed E-state index contributed by atoms with van der Waals surface area (Å²) in [5.74, 6) is 0.301. The summed E-state index contributed by atoms with van der Waals surface area (Å²) in [4.78, 5) is 25.2. The molecule has 0 aliphatic rings. The van der Waals surface area contributed by atoms with Gasteiger partial charge >= 0.3 is 5.63 Å². The molecule has 0 bridgehead atoms. The van der Waals surface area contributed by atoms with Gasteiger partial charge in [0.05, 0.1) is 16.6 Å². The van der Waals surface area contributed by atoms with E-state index in [9.17, 15) is 9.59 Å². The van der Waals surface area contributed by atoms with Gasteiger partial charge in [-0.3, -0.25) is 10.1 Å². The van der Waals surface area contributed by atoms with E-state index in [2.05, 4.69) is 26.6 Å². The van der Waals surface area contributed by atoms with E-state index in [1.165, 1.54) is 0 Å². The van der Waals surface area contributed by atoms with E-state index < -0.39 is 5.63 Å². The molecule has 3 aromatic carbocycles. The van der Waals surface area contributed by atoms with Gasteiger partial charge in [0.2, 0.25) is 0 Å². The molecule has 1 aromatic heterocycles. The third-order valence-electron chi connectivity index (χ3n) is 5.16. The quantitative estimate of drug-likeness (QED) is 0.238. The first-order valence-electron chi connectivity index (χ1n) is 10.5. The zero-order valence-electron chi connectivity index (χ0n) is 18.5. The highest BCUT2D eigenvalue weighted by molar-refractivity contribution is 9.10. The fourth-order valence-electron chi connectivity index (χ4n) is 3.43. The number of benzene rings is 3.